The van der Waals surface area contributed by atoms with Gasteiger partial charge in [-0.15, -0.1) is 0 Å². The van der Waals surface area contributed by atoms with Gasteiger partial charge in [-0.3, -0.25) is 0 Å². The largest absolute Gasteiger partial charge is 0.416 e. The van der Waals surface area contributed by atoms with E-state index in [0.29, 0.717) is 25.0 Å². The van der Waals surface area contributed by atoms with Crippen LogP contribution in [0.3, 0.4) is 0 Å². The summed E-state index contributed by atoms with van der Waals surface area (Å²) >= 11 is 0. The van der Waals surface area contributed by atoms with Crippen molar-refractivity contribution in [3.8, 4) is 0 Å². The summed E-state index contributed by atoms with van der Waals surface area (Å²) in [5.74, 6) is 0. The molecule has 2 aromatic rings. The van der Waals surface area contributed by atoms with Gasteiger partial charge in [-0.1, -0.05) is 30.3 Å². The van der Waals surface area contributed by atoms with E-state index in [2.05, 4.69) is 0 Å². The molecule has 3 rings (SSSR count). The summed E-state index contributed by atoms with van der Waals surface area (Å²) in [5.41, 5.74) is -2.53. The lowest BCUT2D eigenvalue weighted by Gasteiger charge is -2.46. The standard InChI is InChI=1S/C21H20F6O2/c1-13(14-7-16(20(22,23)24)9-17(8-14)21(25,26)27)29-12-19(10-18(28)11-19)15-5-3-2-4-6-15/h2-9,13,18,28H,10-12H2,1H3/t13-,18?,19?/m1/s1. The van der Waals surface area contributed by atoms with Gasteiger partial charge in [0, 0.05) is 5.41 Å². The summed E-state index contributed by atoms with van der Waals surface area (Å²) in [4.78, 5) is 0. The minimum atomic E-state index is -4.90. The van der Waals surface area contributed by atoms with E-state index in [4.69, 9.17) is 4.74 Å². The zero-order valence-electron chi connectivity index (χ0n) is 15.5. The Morgan fingerprint density at radius 3 is 1.93 bits per heavy atom. The number of hydrogen-bond acceptors (Lipinski definition) is 2. The molecule has 0 bridgehead atoms. The molecule has 1 aliphatic rings. The maximum absolute atomic E-state index is 13.1. The number of alkyl halides is 6. The molecule has 29 heavy (non-hydrogen) atoms. The van der Waals surface area contributed by atoms with Gasteiger partial charge < -0.3 is 9.84 Å². The first-order valence-electron chi connectivity index (χ1n) is 9.05. The Bertz CT molecular complexity index is 806. The average Bonchev–Trinajstić information content (AvgIpc) is 2.63. The normalized spacial score (nSPS) is 23.5. The van der Waals surface area contributed by atoms with Crippen LogP contribution in [0.25, 0.3) is 0 Å². The zero-order valence-corrected chi connectivity index (χ0v) is 15.5. The molecule has 0 spiro atoms. The van der Waals surface area contributed by atoms with E-state index in [1.165, 1.54) is 6.92 Å². The van der Waals surface area contributed by atoms with Crippen LogP contribution in [0.2, 0.25) is 0 Å². The lowest BCUT2D eigenvalue weighted by molar-refractivity contribution is -0.143. The van der Waals surface area contributed by atoms with Gasteiger partial charge in [-0.2, -0.15) is 26.3 Å². The fourth-order valence-electron chi connectivity index (χ4n) is 3.67. The number of halogens is 6. The minimum Gasteiger partial charge on any atom is -0.393 e. The SMILES string of the molecule is C[C@@H](OCC1(c2ccccc2)CC(O)C1)c1cc(C(F)(F)F)cc(C(F)(F)F)c1. The molecule has 158 valence electrons. The summed E-state index contributed by atoms with van der Waals surface area (Å²) in [7, 11) is 0. The van der Waals surface area contributed by atoms with Crippen LogP contribution in [0, 0.1) is 0 Å². The molecule has 0 aliphatic heterocycles. The Hall–Kier alpha value is -2.06. The molecule has 0 heterocycles. The van der Waals surface area contributed by atoms with Crippen molar-refractivity contribution in [1.82, 2.24) is 0 Å². The topological polar surface area (TPSA) is 29.5 Å². The molecule has 1 aliphatic carbocycles. The first kappa shape index (κ1) is 21.6. The summed E-state index contributed by atoms with van der Waals surface area (Å²) in [5, 5.41) is 9.77. The van der Waals surface area contributed by atoms with Gasteiger partial charge in [-0.25, -0.2) is 0 Å². The van der Waals surface area contributed by atoms with Gasteiger partial charge in [0.1, 0.15) is 0 Å². The van der Waals surface area contributed by atoms with Crippen LogP contribution < -0.4 is 0 Å². The monoisotopic (exact) mass is 418 g/mol. The molecule has 0 saturated heterocycles. The third kappa shape index (κ3) is 4.75. The Balaban J connectivity index is 1.84. The molecular weight excluding hydrogens is 398 g/mol. The number of aliphatic hydroxyl groups is 1. The smallest absolute Gasteiger partial charge is 0.393 e. The van der Waals surface area contributed by atoms with E-state index in [-0.39, 0.29) is 18.2 Å². The van der Waals surface area contributed by atoms with Crippen molar-refractivity contribution in [1.29, 1.82) is 0 Å². The Labute approximate surface area is 164 Å². The average molecular weight is 418 g/mol. The van der Waals surface area contributed by atoms with Crippen molar-refractivity contribution in [3.05, 3.63) is 70.8 Å². The number of hydrogen-bond donors (Lipinski definition) is 1. The highest BCUT2D eigenvalue weighted by Crippen LogP contribution is 2.45. The Morgan fingerprint density at radius 2 is 1.48 bits per heavy atom. The predicted molar refractivity (Wildman–Crippen MR) is 94.2 cm³/mol. The molecule has 0 unspecified atom stereocenters. The van der Waals surface area contributed by atoms with Gasteiger partial charge in [0.05, 0.1) is 29.9 Å². The van der Waals surface area contributed by atoms with Gasteiger partial charge in [0.25, 0.3) is 0 Å². The highest BCUT2D eigenvalue weighted by atomic mass is 19.4. The lowest BCUT2D eigenvalue weighted by Crippen LogP contribution is -2.48. The molecule has 1 saturated carbocycles. The van der Waals surface area contributed by atoms with E-state index < -0.39 is 41.1 Å². The van der Waals surface area contributed by atoms with Crippen LogP contribution in [-0.4, -0.2) is 17.8 Å². The van der Waals surface area contributed by atoms with Crippen LogP contribution >= 0.6 is 0 Å². The highest BCUT2D eigenvalue weighted by molar-refractivity contribution is 5.35. The maximum Gasteiger partial charge on any atom is 0.416 e. The first-order chi connectivity index (χ1) is 13.4. The van der Waals surface area contributed by atoms with E-state index in [9.17, 15) is 31.4 Å². The van der Waals surface area contributed by atoms with Crippen molar-refractivity contribution in [2.45, 2.75) is 49.7 Å². The third-order valence-corrected chi connectivity index (χ3v) is 5.33. The second-order valence-corrected chi connectivity index (χ2v) is 7.50. The van der Waals surface area contributed by atoms with Gasteiger partial charge in [0.15, 0.2) is 0 Å². The molecule has 8 heteroatoms. The van der Waals surface area contributed by atoms with Crippen LogP contribution in [-0.2, 0) is 22.5 Å². The van der Waals surface area contributed by atoms with E-state index in [1.54, 1.807) is 0 Å². The number of rotatable bonds is 5. The van der Waals surface area contributed by atoms with E-state index >= 15 is 0 Å². The fraction of sp³-hybridized carbons (Fsp3) is 0.429. The van der Waals surface area contributed by atoms with Crippen molar-refractivity contribution < 1.29 is 36.2 Å². The van der Waals surface area contributed by atoms with Crippen molar-refractivity contribution in [2.75, 3.05) is 6.61 Å². The second-order valence-electron chi connectivity index (χ2n) is 7.50. The molecule has 1 N–H and O–H groups in total. The Kier molecular flexibility index (Phi) is 5.71. The summed E-state index contributed by atoms with van der Waals surface area (Å²) in [6, 6.07) is 10.7. The second kappa shape index (κ2) is 7.65. The van der Waals surface area contributed by atoms with Gasteiger partial charge in [-0.05, 0) is 49.1 Å². The summed E-state index contributed by atoms with van der Waals surface area (Å²) in [6.07, 6.45) is -10.5. The lowest BCUT2D eigenvalue weighted by atomic mass is 9.63. The highest BCUT2D eigenvalue weighted by Gasteiger charge is 2.45. The van der Waals surface area contributed by atoms with E-state index in [1.807, 2.05) is 30.3 Å². The van der Waals surface area contributed by atoms with Gasteiger partial charge in [0.2, 0.25) is 0 Å². The molecular formula is C21H20F6O2. The minimum absolute atomic E-state index is 0.0762. The molecule has 0 radical (unpaired) electrons. The van der Waals surface area contributed by atoms with Crippen LogP contribution in [0.4, 0.5) is 26.3 Å². The van der Waals surface area contributed by atoms with Crippen LogP contribution in [0.15, 0.2) is 48.5 Å². The third-order valence-electron chi connectivity index (χ3n) is 5.33. The summed E-state index contributed by atoms with van der Waals surface area (Å²) in [6.45, 7) is 1.50. The molecule has 2 aromatic carbocycles. The van der Waals surface area contributed by atoms with Crippen molar-refractivity contribution in [3.63, 3.8) is 0 Å². The van der Waals surface area contributed by atoms with E-state index in [0.717, 1.165) is 5.56 Å². The number of benzene rings is 2. The maximum atomic E-state index is 13.1. The molecule has 2 nitrogen and oxygen atoms in total. The van der Waals surface area contributed by atoms with Gasteiger partial charge >= 0.3 is 12.4 Å². The molecule has 1 fully saturated rings. The van der Waals surface area contributed by atoms with Crippen LogP contribution in [0.5, 0.6) is 0 Å². The molecule has 1 atom stereocenters. The quantitative estimate of drug-likeness (QED) is 0.613. The number of ether oxygens (including phenoxy) is 1. The number of aliphatic hydroxyl groups excluding tert-OH is 1. The van der Waals surface area contributed by atoms with Crippen molar-refractivity contribution in [2.24, 2.45) is 0 Å². The molecule has 0 amide bonds. The summed E-state index contributed by atoms with van der Waals surface area (Å²) < 4.78 is 84.1. The fourth-order valence-corrected chi connectivity index (χ4v) is 3.67. The van der Waals surface area contributed by atoms with Crippen LogP contribution in [0.1, 0.15) is 48.1 Å². The predicted octanol–water partition coefficient (Wildman–Crippen LogP) is 5.89. The Morgan fingerprint density at radius 1 is 0.966 bits per heavy atom. The van der Waals surface area contributed by atoms with Crippen molar-refractivity contribution >= 4 is 0 Å². The molecule has 0 aromatic heterocycles. The zero-order chi connectivity index (χ0) is 21.4. The first-order valence-corrected chi connectivity index (χ1v) is 9.05.